The first-order chi connectivity index (χ1) is 9.65. The second-order valence-corrected chi connectivity index (χ2v) is 4.92. The standard InChI is InChI=1S/C15H8Cl2N2O/c16-14-15(17)19-12-8-10(6-7-11(12)18-14)13(20)9-4-2-1-3-5-9/h1-8H. The van der Waals surface area contributed by atoms with Crippen molar-refractivity contribution in [1.82, 2.24) is 9.97 Å². The first-order valence-corrected chi connectivity index (χ1v) is 6.63. The molecule has 2 aromatic carbocycles. The summed E-state index contributed by atoms with van der Waals surface area (Å²) in [5.74, 6) is -0.0691. The summed E-state index contributed by atoms with van der Waals surface area (Å²) >= 11 is 11.7. The highest BCUT2D eigenvalue weighted by Gasteiger charge is 2.11. The largest absolute Gasteiger partial charge is 0.289 e. The molecular formula is C15H8Cl2N2O. The van der Waals surface area contributed by atoms with Gasteiger partial charge in [0, 0.05) is 11.1 Å². The molecule has 0 N–H and O–H groups in total. The van der Waals surface area contributed by atoms with E-state index in [1.54, 1.807) is 30.3 Å². The van der Waals surface area contributed by atoms with Crippen LogP contribution in [0.2, 0.25) is 10.3 Å². The first-order valence-electron chi connectivity index (χ1n) is 5.88. The number of benzene rings is 2. The van der Waals surface area contributed by atoms with E-state index in [4.69, 9.17) is 23.2 Å². The molecule has 0 aliphatic heterocycles. The molecule has 0 unspecified atom stereocenters. The van der Waals surface area contributed by atoms with Gasteiger partial charge in [0.2, 0.25) is 0 Å². The molecule has 3 nitrogen and oxygen atoms in total. The number of rotatable bonds is 2. The molecule has 1 aromatic heterocycles. The second-order valence-electron chi connectivity index (χ2n) is 4.20. The Hall–Kier alpha value is -1.97. The topological polar surface area (TPSA) is 42.9 Å². The van der Waals surface area contributed by atoms with E-state index < -0.39 is 0 Å². The highest BCUT2D eigenvalue weighted by molar-refractivity contribution is 6.40. The number of halogens is 2. The molecule has 0 saturated heterocycles. The summed E-state index contributed by atoms with van der Waals surface area (Å²) in [4.78, 5) is 20.6. The van der Waals surface area contributed by atoms with Crippen molar-refractivity contribution in [1.29, 1.82) is 0 Å². The predicted molar refractivity (Wildman–Crippen MR) is 79.4 cm³/mol. The molecule has 0 atom stereocenters. The molecule has 3 aromatic rings. The van der Waals surface area contributed by atoms with Crippen molar-refractivity contribution in [2.75, 3.05) is 0 Å². The van der Waals surface area contributed by atoms with Crippen molar-refractivity contribution in [3.63, 3.8) is 0 Å². The Morgan fingerprint density at radius 2 is 1.45 bits per heavy atom. The zero-order valence-corrected chi connectivity index (χ0v) is 11.7. The van der Waals surface area contributed by atoms with Crippen molar-refractivity contribution in [3.05, 3.63) is 70.0 Å². The summed E-state index contributed by atoms with van der Waals surface area (Å²) in [5.41, 5.74) is 2.31. The number of hydrogen-bond acceptors (Lipinski definition) is 3. The smallest absolute Gasteiger partial charge is 0.193 e. The van der Waals surface area contributed by atoms with E-state index >= 15 is 0 Å². The molecule has 0 aliphatic rings. The minimum atomic E-state index is -0.0691. The van der Waals surface area contributed by atoms with Crippen molar-refractivity contribution >= 4 is 40.0 Å². The van der Waals surface area contributed by atoms with Gasteiger partial charge < -0.3 is 0 Å². The summed E-state index contributed by atoms with van der Waals surface area (Å²) in [5, 5.41) is 0.282. The van der Waals surface area contributed by atoms with Gasteiger partial charge in [-0.1, -0.05) is 53.5 Å². The quantitative estimate of drug-likeness (QED) is 0.667. The van der Waals surface area contributed by atoms with Crippen LogP contribution in [0.3, 0.4) is 0 Å². The van der Waals surface area contributed by atoms with Crippen molar-refractivity contribution in [2.24, 2.45) is 0 Å². The third kappa shape index (κ3) is 2.38. The predicted octanol–water partition coefficient (Wildman–Crippen LogP) is 4.17. The maximum atomic E-state index is 12.3. The zero-order valence-electron chi connectivity index (χ0n) is 10.2. The molecule has 0 radical (unpaired) electrons. The van der Waals surface area contributed by atoms with Gasteiger partial charge in [-0.15, -0.1) is 0 Å². The fraction of sp³-hybridized carbons (Fsp3) is 0. The highest BCUT2D eigenvalue weighted by atomic mass is 35.5. The van der Waals surface area contributed by atoms with Gasteiger partial charge in [0.1, 0.15) is 0 Å². The van der Waals surface area contributed by atoms with Gasteiger partial charge in [-0.3, -0.25) is 4.79 Å². The number of carbonyl (C=O) groups is 1. The zero-order chi connectivity index (χ0) is 14.1. The average molecular weight is 303 g/mol. The van der Waals surface area contributed by atoms with Crippen molar-refractivity contribution in [2.45, 2.75) is 0 Å². The Balaban J connectivity index is 2.09. The molecule has 0 fully saturated rings. The van der Waals surface area contributed by atoms with E-state index in [2.05, 4.69) is 9.97 Å². The third-order valence-corrected chi connectivity index (χ3v) is 3.50. The normalized spacial score (nSPS) is 10.7. The lowest BCUT2D eigenvalue weighted by molar-refractivity contribution is 0.103. The Labute approximate surface area is 125 Å². The lowest BCUT2D eigenvalue weighted by Gasteiger charge is -2.04. The molecular weight excluding hydrogens is 295 g/mol. The Bertz CT molecular complexity index is 804. The summed E-state index contributed by atoms with van der Waals surface area (Å²) in [7, 11) is 0. The number of nitrogens with zero attached hydrogens (tertiary/aromatic N) is 2. The molecule has 0 saturated carbocycles. The van der Waals surface area contributed by atoms with Gasteiger partial charge in [0.25, 0.3) is 0 Å². The number of aromatic nitrogens is 2. The van der Waals surface area contributed by atoms with Gasteiger partial charge in [0.05, 0.1) is 11.0 Å². The molecule has 0 spiro atoms. The van der Waals surface area contributed by atoms with Crippen LogP contribution in [0.15, 0.2) is 48.5 Å². The van der Waals surface area contributed by atoms with E-state index in [1.807, 2.05) is 18.2 Å². The van der Waals surface area contributed by atoms with E-state index in [0.29, 0.717) is 22.2 Å². The molecule has 5 heteroatoms. The van der Waals surface area contributed by atoms with E-state index in [9.17, 15) is 4.79 Å². The molecule has 20 heavy (non-hydrogen) atoms. The van der Waals surface area contributed by atoms with Crippen LogP contribution in [-0.2, 0) is 0 Å². The number of fused-ring (bicyclic) bond motifs is 1. The van der Waals surface area contributed by atoms with Crippen LogP contribution in [0, 0.1) is 0 Å². The van der Waals surface area contributed by atoms with Crippen LogP contribution < -0.4 is 0 Å². The fourth-order valence-corrected chi connectivity index (χ4v) is 2.18. The molecule has 0 bridgehead atoms. The molecule has 1 heterocycles. The van der Waals surface area contributed by atoms with Crippen LogP contribution in [0.5, 0.6) is 0 Å². The summed E-state index contributed by atoms with van der Waals surface area (Å²) in [6.45, 7) is 0. The maximum Gasteiger partial charge on any atom is 0.193 e. The molecule has 98 valence electrons. The van der Waals surface area contributed by atoms with E-state index in [-0.39, 0.29) is 16.1 Å². The van der Waals surface area contributed by atoms with Crippen LogP contribution >= 0.6 is 23.2 Å². The Morgan fingerprint density at radius 1 is 0.800 bits per heavy atom. The van der Waals surface area contributed by atoms with Gasteiger partial charge >= 0.3 is 0 Å². The van der Waals surface area contributed by atoms with Crippen molar-refractivity contribution < 1.29 is 4.79 Å². The summed E-state index contributed by atoms with van der Waals surface area (Å²) in [6, 6.07) is 14.1. The summed E-state index contributed by atoms with van der Waals surface area (Å²) < 4.78 is 0. The van der Waals surface area contributed by atoms with Crippen LogP contribution in [0.1, 0.15) is 15.9 Å². The number of ketones is 1. The Kier molecular flexibility index (Phi) is 3.38. The minimum Gasteiger partial charge on any atom is -0.289 e. The maximum absolute atomic E-state index is 12.3. The lowest BCUT2D eigenvalue weighted by Crippen LogP contribution is -2.01. The second kappa shape index (κ2) is 5.19. The van der Waals surface area contributed by atoms with Gasteiger partial charge in [-0.25, -0.2) is 9.97 Å². The number of carbonyl (C=O) groups excluding carboxylic acids is 1. The SMILES string of the molecule is O=C(c1ccccc1)c1ccc2nc(Cl)c(Cl)nc2c1. The van der Waals surface area contributed by atoms with Crippen molar-refractivity contribution in [3.8, 4) is 0 Å². The highest BCUT2D eigenvalue weighted by Crippen LogP contribution is 2.22. The first kappa shape index (κ1) is 13.0. The average Bonchev–Trinajstić information content (AvgIpc) is 2.48. The molecule has 0 amide bonds. The molecule has 3 rings (SSSR count). The van der Waals surface area contributed by atoms with E-state index in [0.717, 1.165) is 0 Å². The minimum absolute atomic E-state index is 0.0691. The van der Waals surface area contributed by atoms with Crippen LogP contribution in [0.25, 0.3) is 11.0 Å². The number of hydrogen-bond donors (Lipinski definition) is 0. The monoisotopic (exact) mass is 302 g/mol. The van der Waals surface area contributed by atoms with Crippen LogP contribution in [-0.4, -0.2) is 15.8 Å². The van der Waals surface area contributed by atoms with Gasteiger partial charge in [-0.2, -0.15) is 0 Å². The van der Waals surface area contributed by atoms with E-state index in [1.165, 1.54) is 0 Å². The fourth-order valence-electron chi connectivity index (χ4n) is 1.91. The third-order valence-electron chi connectivity index (χ3n) is 2.88. The van der Waals surface area contributed by atoms with Gasteiger partial charge in [0.15, 0.2) is 16.1 Å². The molecule has 0 aliphatic carbocycles. The van der Waals surface area contributed by atoms with Gasteiger partial charge in [-0.05, 0) is 18.2 Å². The Morgan fingerprint density at radius 3 is 2.15 bits per heavy atom. The lowest BCUT2D eigenvalue weighted by atomic mass is 10.0. The summed E-state index contributed by atoms with van der Waals surface area (Å²) in [6.07, 6.45) is 0. The van der Waals surface area contributed by atoms with Crippen LogP contribution in [0.4, 0.5) is 0 Å².